The molecule has 0 bridgehead atoms. The van der Waals surface area contributed by atoms with Crippen molar-refractivity contribution < 1.29 is 17.8 Å². The first-order chi connectivity index (χ1) is 22.6. The van der Waals surface area contributed by atoms with Gasteiger partial charge in [0.2, 0.25) is 0 Å². The Morgan fingerprint density at radius 1 is 0.771 bits per heavy atom. The molecular weight excluding hydrogens is 424 g/mol. The summed E-state index contributed by atoms with van der Waals surface area (Å²) in [6.45, 7) is -3.25. The van der Waals surface area contributed by atoms with Gasteiger partial charge < -0.3 is 0 Å². The number of benzene rings is 6. The molecule has 0 saturated heterocycles. The molecule has 35 heavy (non-hydrogen) atoms. The molecule has 0 N–H and O–H groups in total. The molecule has 2 heteroatoms. The first kappa shape index (κ1) is 10.9. The van der Waals surface area contributed by atoms with Gasteiger partial charge >= 0.3 is 0 Å². The molecule has 1 heterocycles. The van der Waals surface area contributed by atoms with Crippen molar-refractivity contribution in [2.45, 2.75) is 13.2 Å². The first-order valence-corrected chi connectivity index (χ1v) is 11.0. The Labute approximate surface area is 222 Å². The number of hydrogen-bond donors (Lipinski definition) is 0. The van der Waals surface area contributed by atoms with Crippen molar-refractivity contribution in [3.05, 3.63) is 121 Å². The number of para-hydroxylation sites is 2. The highest BCUT2D eigenvalue weighted by molar-refractivity contribution is 6.19. The Bertz CT molecular complexity index is 2430. The fourth-order valence-electron chi connectivity index (χ4n) is 4.80. The molecule has 166 valence electrons. The van der Waals surface area contributed by atoms with E-state index in [0.717, 1.165) is 15.3 Å². The number of rotatable bonds is 3. The third-order valence-electron chi connectivity index (χ3n) is 6.28. The standard InChI is InChI=1S/C33H24N2/c1-2-31-34-29-17-9-10-18-30(29)35(31)33-27-15-7-5-13-25(27)32(26-14-6-8-16-28(26)33)24-20-19-22-11-3-4-12-23(22)21-24/h3-21H,2H2,1H3/i1D3,2D2,5D,6D,7D,8D,13D,14D,15D,16D. The number of imidazole rings is 1. The van der Waals surface area contributed by atoms with Crippen molar-refractivity contribution in [2.24, 2.45) is 0 Å². The van der Waals surface area contributed by atoms with E-state index in [1.807, 2.05) is 24.3 Å². The smallest absolute Gasteiger partial charge is 0.114 e. The quantitative estimate of drug-likeness (QED) is 0.241. The molecule has 7 rings (SSSR count). The summed E-state index contributed by atoms with van der Waals surface area (Å²) < 4.78 is 114. The zero-order chi connectivity index (χ0) is 34.6. The van der Waals surface area contributed by atoms with Crippen molar-refractivity contribution in [1.29, 1.82) is 0 Å². The van der Waals surface area contributed by atoms with Crippen LogP contribution in [0.2, 0.25) is 0 Å². The second-order valence-electron chi connectivity index (χ2n) is 8.17. The summed E-state index contributed by atoms with van der Waals surface area (Å²) in [7, 11) is 0. The van der Waals surface area contributed by atoms with E-state index in [9.17, 15) is 2.74 Å². The number of aryl methyl sites for hydroxylation is 1. The van der Waals surface area contributed by atoms with E-state index in [4.69, 9.17) is 15.1 Å². The topological polar surface area (TPSA) is 17.8 Å². The summed E-state index contributed by atoms with van der Waals surface area (Å²) >= 11 is 0. The van der Waals surface area contributed by atoms with Gasteiger partial charge in [0.15, 0.2) is 0 Å². The van der Waals surface area contributed by atoms with Crippen LogP contribution in [0, 0.1) is 0 Å². The Hall–Kier alpha value is -4.43. The van der Waals surface area contributed by atoms with E-state index in [-0.39, 0.29) is 43.8 Å². The maximum absolute atomic E-state index is 9.19. The lowest BCUT2D eigenvalue weighted by molar-refractivity contribution is 0.917. The van der Waals surface area contributed by atoms with E-state index in [2.05, 4.69) is 4.98 Å². The average molecular weight is 462 g/mol. The molecule has 2 nitrogen and oxygen atoms in total. The molecule has 0 unspecified atom stereocenters. The van der Waals surface area contributed by atoms with Gasteiger partial charge in [0.05, 0.1) is 27.7 Å². The fourth-order valence-corrected chi connectivity index (χ4v) is 4.80. The molecular formula is C33H24N2. The number of fused-ring (bicyclic) bond motifs is 4. The lowest BCUT2D eigenvalue weighted by Gasteiger charge is -2.20. The monoisotopic (exact) mass is 461 g/mol. The largest absolute Gasteiger partial charge is 0.295 e. The van der Waals surface area contributed by atoms with Crippen LogP contribution in [-0.4, -0.2) is 9.55 Å². The van der Waals surface area contributed by atoms with Gasteiger partial charge in [-0.05, 0) is 50.9 Å². The van der Waals surface area contributed by atoms with Crippen LogP contribution < -0.4 is 0 Å². The summed E-state index contributed by atoms with van der Waals surface area (Å²) in [5.74, 6) is -0.621. The molecule has 0 amide bonds. The van der Waals surface area contributed by atoms with Crippen LogP contribution in [0.4, 0.5) is 0 Å². The second kappa shape index (κ2) is 7.82. The van der Waals surface area contributed by atoms with Gasteiger partial charge in [-0.25, -0.2) is 4.98 Å². The molecule has 1 aromatic heterocycles. The van der Waals surface area contributed by atoms with Crippen LogP contribution in [0.1, 0.15) is 30.5 Å². The minimum Gasteiger partial charge on any atom is -0.295 e. The number of nitrogens with zero attached hydrogens (tertiary/aromatic N) is 2. The highest BCUT2D eigenvalue weighted by Gasteiger charge is 2.20. The zero-order valence-electron chi connectivity index (χ0n) is 31.2. The highest BCUT2D eigenvalue weighted by atomic mass is 15.1. The van der Waals surface area contributed by atoms with E-state index >= 15 is 0 Å². The van der Waals surface area contributed by atoms with Crippen molar-refractivity contribution >= 4 is 43.4 Å². The summed E-state index contributed by atoms with van der Waals surface area (Å²) in [5, 5.41) is 1.11. The summed E-state index contributed by atoms with van der Waals surface area (Å²) in [4.78, 5) is 4.38. The maximum Gasteiger partial charge on any atom is 0.114 e. The number of aromatic nitrogens is 2. The lowest BCUT2D eigenvalue weighted by atomic mass is 9.89. The van der Waals surface area contributed by atoms with Crippen molar-refractivity contribution in [1.82, 2.24) is 9.55 Å². The zero-order valence-corrected chi connectivity index (χ0v) is 18.2. The van der Waals surface area contributed by atoms with Crippen molar-refractivity contribution in [2.75, 3.05) is 0 Å². The summed E-state index contributed by atoms with van der Waals surface area (Å²) in [6.07, 6.45) is -3.11. The lowest BCUT2D eigenvalue weighted by Crippen LogP contribution is -2.03. The SMILES string of the molecule is [2H]c1c([2H])c([2H])c2c(-n3c(C([2H])([2H])C([2H])([2H])[2H])nc4ccccc43)c3c([2H])c([2H])c([2H])c([2H])c3c(-c3ccc4ccccc4c3)c2c1[2H]. The van der Waals surface area contributed by atoms with Gasteiger partial charge in [-0.3, -0.25) is 4.57 Å². The van der Waals surface area contributed by atoms with E-state index in [1.54, 1.807) is 30.3 Å². The van der Waals surface area contributed by atoms with Crippen molar-refractivity contribution in [3.8, 4) is 16.8 Å². The van der Waals surface area contributed by atoms with Gasteiger partial charge in [-0.2, -0.15) is 0 Å². The Balaban J connectivity index is 1.86. The first-order valence-electron chi connectivity index (χ1n) is 17.5. The summed E-state index contributed by atoms with van der Waals surface area (Å²) in [6, 6.07) is 14.5. The van der Waals surface area contributed by atoms with Crippen LogP contribution in [-0.2, 0) is 6.37 Å². The second-order valence-corrected chi connectivity index (χ2v) is 8.17. The molecule has 6 aromatic carbocycles. The number of hydrogen-bond acceptors (Lipinski definition) is 1. The van der Waals surface area contributed by atoms with Crippen LogP contribution in [0.25, 0.3) is 60.2 Å². The average Bonchev–Trinajstić information content (AvgIpc) is 3.46. The van der Waals surface area contributed by atoms with Gasteiger partial charge in [-0.15, -0.1) is 0 Å². The Morgan fingerprint density at radius 2 is 1.43 bits per heavy atom. The van der Waals surface area contributed by atoms with E-state index in [0.29, 0.717) is 5.56 Å². The Morgan fingerprint density at radius 3 is 2.17 bits per heavy atom. The van der Waals surface area contributed by atoms with Crippen LogP contribution >= 0.6 is 0 Å². The van der Waals surface area contributed by atoms with E-state index < -0.39 is 67.4 Å². The van der Waals surface area contributed by atoms with Gasteiger partial charge in [0.1, 0.15) is 5.82 Å². The predicted octanol–water partition coefficient (Wildman–Crippen LogP) is 8.71. The maximum atomic E-state index is 9.19. The van der Waals surface area contributed by atoms with Gasteiger partial charge in [0, 0.05) is 24.0 Å². The molecule has 0 atom stereocenters. The fraction of sp³-hybridized carbons (Fsp3) is 0.0606. The normalized spacial score (nSPS) is 17.8. The molecule has 0 aliphatic rings. The van der Waals surface area contributed by atoms with Gasteiger partial charge in [0.25, 0.3) is 0 Å². The minimum atomic E-state index is -3.25. The molecule has 0 aliphatic heterocycles. The van der Waals surface area contributed by atoms with Crippen molar-refractivity contribution in [3.63, 3.8) is 0 Å². The molecule has 0 aliphatic carbocycles. The molecule has 0 radical (unpaired) electrons. The highest BCUT2D eigenvalue weighted by Crippen LogP contribution is 2.42. The minimum absolute atomic E-state index is 0.0815. The third-order valence-corrected chi connectivity index (χ3v) is 6.28. The Kier molecular flexibility index (Phi) is 2.43. The van der Waals surface area contributed by atoms with Crippen LogP contribution in [0.5, 0.6) is 0 Å². The van der Waals surface area contributed by atoms with Gasteiger partial charge in [-0.1, -0.05) is 104 Å². The third kappa shape index (κ3) is 3.00. The molecule has 0 fully saturated rings. The van der Waals surface area contributed by atoms with E-state index in [1.165, 1.54) is 12.1 Å². The molecule has 7 aromatic rings. The summed E-state index contributed by atoms with van der Waals surface area (Å²) in [5.41, 5.74) is 0.640. The molecule has 0 saturated carbocycles. The van der Waals surface area contributed by atoms with Crippen LogP contribution in [0.15, 0.2) is 115 Å². The molecule has 0 spiro atoms. The van der Waals surface area contributed by atoms with Crippen LogP contribution in [0.3, 0.4) is 0 Å². The predicted molar refractivity (Wildman–Crippen MR) is 148 cm³/mol.